The van der Waals surface area contributed by atoms with Gasteiger partial charge in [-0.15, -0.1) is 0 Å². The van der Waals surface area contributed by atoms with Crippen LogP contribution in [0.25, 0.3) is 0 Å². The minimum Gasteiger partial charge on any atom is -0.329 e. The molecule has 3 nitrogen and oxygen atoms in total. The van der Waals surface area contributed by atoms with Crippen LogP contribution >= 0.6 is 0 Å². The quantitative estimate of drug-likeness (QED) is 0.831. The second-order valence-electron chi connectivity index (χ2n) is 6.26. The summed E-state index contributed by atoms with van der Waals surface area (Å²) in [5, 5.41) is 2.08. The molecule has 0 atom stereocenters. The van der Waals surface area contributed by atoms with E-state index in [1.807, 2.05) is 0 Å². The number of nitrogens with zero attached hydrogens (tertiary/aromatic N) is 1. The van der Waals surface area contributed by atoms with E-state index in [9.17, 15) is 18.0 Å². The van der Waals surface area contributed by atoms with Crippen molar-refractivity contribution in [1.29, 1.82) is 0 Å². The van der Waals surface area contributed by atoms with E-state index in [1.165, 1.54) is 12.8 Å². The highest BCUT2D eigenvalue weighted by Crippen LogP contribution is 2.30. The van der Waals surface area contributed by atoms with Gasteiger partial charge in [0.25, 0.3) is 0 Å². The molecule has 2 amide bonds. The first-order valence-corrected chi connectivity index (χ1v) is 8.10. The van der Waals surface area contributed by atoms with E-state index in [1.54, 1.807) is 4.90 Å². The third kappa shape index (κ3) is 5.08. The zero-order valence-electron chi connectivity index (χ0n) is 12.4. The third-order valence-electron chi connectivity index (χ3n) is 4.61. The van der Waals surface area contributed by atoms with Crippen molar-refractivity contribution >= 4 is 6.03 Å². The standard InChI is InChI=1S/C15H25F3N2O/c16-15(17,18)11-19-14(21)20(12-7-3-1-4-8-12)13-9-5-2-6-10-13/h12-13H,1-11H2,(H,19,21). The predicted molar refractivity (Wildman–Crippen MR) is 75.0 cm³/mol. The monoisotopic (exact) mass is 306 g/mol. The van der Waals surface area contributed by atoms with Crippen molar-refractivity contribution in [3.05, 3.63) is 0 Å². The molecule has 6 heteroatoms. The Hall–Kier alpha value is -0.940. The van der Waals surface area contributed by atoms with Crippen LogP contribution in [-0.4, -0.2) is 35.7 Å². The number of hydrogen-bond donors (Lipinski definition) is 1. The first-order chi connectivity index (χ1) is 9.97. The molecule has 0 aromatic heterocycles. The Balaban J connectivity index is 2.00. The van der Waals surface area contributed by atoms with Crippen molar-refractivity contribution in [2.75, 3.05) is 6.54 Å². The Labute approximate surface area is 124 Å². The number of carbonyl (C=O) groups is 1. The van der Waals surface area contributed by atoms with Crippen LogP contribution in [0.5, 0.6) is 0 Å². The van der Waals surface area contributed by atoms with Gasteiger partial charge >= 0.3 is 12.2 Å². The van der Waals surface area contributed by atoms with Crippen molar-refractivity contribution in [1.82, 2.24) is 10.2 Å². The maximum atomic E-state index is 12.3. The lowest BCUT2D eigenvalue weighted by molar-refractivity contribution is -0.123. The summed E-state index contributed by atoms with van der Waals surface area (Å²) in [6, 6.07) is -0.281. The van der Waals surface area contributed by atoms with E-state index < -0.39 is 18.8 Å². The zero-order chi connectivity index (χ0) is 15.3. The van der Waals surface area contributed by atoms with Gasteiger partial charge in [0.2, 0.25) is 0 Å². The highest BCUT2D eigenvalue weighted by molar-refractivity contribution is 5.75. The highest BCUT2D eigenvalue weighted by Gasteiger charge is 2.34. The fraction of sp³-hybridized carbons (Fsp3) is 0.933. The number of halogens is 3. The molecular formula is C15H25F3N2O. The Bertz CT molecular complexity index is 316. The van der Waals surface area contributed by atoms with Gasteiger partial charge in [-0.3, -0.25) is 0 Å². The average molecular weight is 306 g/mol. The molecule has 0 saturated heterocycles. The van der Waals surface area contributed by atoms with Crippen LogP contribution in [0.2, 0.25) is 0 Å². The van der Waals surface area contributed by atoms with E-state index in [2.05, 4.69) is 5.32 Å². The molecular weight excluding hydrogens is 281 g/mol. The van der Waals surface area contributed by atoms with Crippen LogP contribution in [0, 0.1) is 0 Å². The normalized spacial score (nSPS) is 22.0. The first-order valence-electron chi connectivity index (χ1n) is 8.10. The molecule has 0 unspecified atom stereocenters. The number of carbonyl (C=O) groups excluding carboxylic acids is 1. The second kappa shape index (κ2) is 7.36. The van der Waals surface area contributed by atoms with Gasteiger partial charge in [-0.05, 0) is 25.7 Å². The third-order valence-corrected chi connectivity index (χ3v) is 4.61. The lowest BCUT2D eigenvalue weighted by Crippen LogP contribution is -2.54. The molecule has 2 rings (SSSR count). The van der Waals surface area contributed by atoms with E-state index in [4.69, 9.17) is 0 Å². The molecule has 2 aliphatic rings. The minimum absolute atomic E-state index is 0.120. The van der Waals surface area contributed by atoms with Gasteiger partial charge in [-0.25, -0.2) is 4.79 Å². The molecule has 21 heavy (non-hydrogen) atoms. The SMILES string of the molecule is O=C(NCC(F)(F)F)N(C1CCCCC1)C1CCCCC1. The molecule has 0 spiro atoms. The van der Waals surface area contributed by atoms with Gasteiger partial charge in [0.05, 0.1) is 0 Å². The fourth-order valence-corrected chi connectivity index (χ4v) is 3.62. The van der Waals surface area contributed by atoms with Gasteiger partial charge in [0.1, 0.15) is 6.54 Å². The number of nitrogens with one attached hydrogen (secondary N) is 1. The Kier molecular flexibility index (Phi) is 5.76. The van der Waals surface area contributed by atoms with E-state index in [-0.39, 0.29) is 12.1 Å². The smallest absolute Gasteiger partial charge is 0.329 e. The van der Waals surface area contributed by atoms with E-state index in [0.29, 0.717) is 0 Å². The summed E-state index contributed by atoms with van der Waals surface area (Å²) in [4.78, 5) is 14.1. The van der Waals surface area contributed by atoms with Crippen LogP contribution in [0.15, 0.2) is 0 Å². The first kappa shape index (κ1) is 16.4. The molecule has 2 saturated carbocycles. The highest BCUT2D eigenvalue weighted by atomic mass is 19.4. The Morgan fingerprint density at radius 1 is 0.905 bits per heavy atom. The Morgan fingerprint density at radius 2 is 1.33 bits per heavy atom. The molecule has 0 bridgehead atoms. The van der Waals surface area contributed by atoms with Gasteiger partial charge in [-0.2, -0.15) is 13.2 Å². The van der Waals surface area contributed by atoms with Crippen LogP contribution < -0.4 is 5.32 Å². The van der Waals surface area contributed by atoms with Gasteiger partial charge in [-0.1, -0.05) is 38.5 Å². The van der Waals surface area contributed by atoms with Gasteiger partial charge in [0, 0.05) is 12.1 Å². The topological polar surface area (TPSA) is 32.3 Å². The molecule has 0 heterocycles. The molecule has 0 aliphatic heterocycles. The molecule has 122 valence electrons. The van der Waals surface area contributed by atoms with Crippen molar-refractivity contribution < 1.29 is 18.0 Å². The number of urea groups is 1. The fourth-order valence-electron chi connectivity index (χ4n) is 3.62. The van der Waals surface area contributed by atoms with E-state index >= 15 is 0 Å². The summed E-state index contributed by atoms with van der Waals surface area (Å²) in [5.41, 5.74) is 0. The molecule has 1 N–H and O–H groups in total. The molecule has 0 aromatic rings. The second-order valence-corrected chi connectivity index (χ2v) is 6.26. The van der Waals surface area contributed by atoms with Crippen molar-refractivity contribution in [2.24, 2.45) is 0 Å². The summed E-state index contributed by atoms with van der Waals surface area (Å²) in [7, 11) is 0. The summed E-state index contributed by atoms with van der Waals surface area (Å²) in [5.74, 6) is 0. The number of amides is 2. The molecule has 0 aromatic carbocycles. The van der Waals surface area contributed by atoms with Crippen LogP contribution in [-0.2, 0) is 0 Å². The number of rotatable bonds is 3. The Morgan fingerprint density at radius 3 is 1.71 bits per heavy atom. The summed E-state index contributed by atoms with van der Waals surface area (Å²) in [6.45, 7) is -1.23. The summed E-state index contributed by atoms with van der Waals surface area (Å²) in [6.07, 6.45) is 5.97. The van der Waals surface area contributed by atoms with Crippen LogP contribution in [0.3, 0.4) is 0 Å². The summed E-state index contributed by atoms with van der Waals surface area (Å²) >= 11 is 0. The molecule has 2 aliphatic carbocycles. The molecule has 0 radical (unpaired) electrons. The maximum Gasteiger partial charge on any atom is 0.405 e. The van der Waals surface area contributed by atoms with Gasteiger partial charge in [0.15, 0.2) is 0 Å². The van der Waals surface area contributed by atoms with Crippen LogP contribution in [0.1, 0.15) is 64.2 Å². The lowest BCUT2D eigenvalue weighted by atomic mass is 9.89. The number of alkyl halides is 3. The largest absolute Gasteiger partial charge is 0.405 e. The van der Waals surface area contributed by atoms with Crippen molar-refractivity contribution in [3.63, 3.8) is 0 Å². The van der Waals surface area contributed by atoms with Crippen LogP contribution in [0.4, 0.5) is 18.0 Å². The lowest BCUT2D eigenvalue weighted by Gasteiger charge is -2.41. The van der Waals surface area contributed by atoms with Crippen molar-refractivity contribution in [3.8, 4) is 0 Å². The predicted octanol–water partition coefficient (Wildman–Crippen LogP) is 4.23. The number of hydrogen-bond acceptors (Lipinski definition) is 1. The van der Waals surface area contributed by atoms with Crippen molar-refractivity contribution in [2.45, 2.75) is 82.5 Å². The zero-order valence-corrected chi connectivity index (χ0v) is 12.4. The van der Waals surface area contributed by atoms with Gasteiger partial charge < -0.3 is 10.2 Å². The average Bonchev–Trinajstić information content (AvgIpc) is 2.47. The molecule has 2 fully saturated rings. The minimum atomic E-state index is -4.35. The van der Waals surface area contributed by atoms with E-state index in [0.717, 1.165) is 51.4 Å². The summed E-state index contributed by atoms with van der Waals surface area (Å²) < 4.78 is 37.0. The maximum absolute atomic E-state index is 12.3.